The van der Waals surface area contributed by atoms with Crippen LogP contribution in [0.1, 0.15) is 17.3 Å². The van der Waals surface area contributed by atoms with Gasteiger partial charge in [0.05, 0.1) is 17.7 Å². The van der Waals surface area contributed by atoms with Gasteiger partial charge in [0.25, 0.3) is 0 Å². The SMILES string of the molecule is CCOC(=O)c1cnc(-c2ccccc2F)nc1. The van der Waals surface area contributed by atoms with Gasteiger partial charge in [0.1, 0.15) is 5.82 Å². The van der Waals surface area contributed by atoms with E-state index in [0.717, 1.165) is 0 Å². The van der Waals surface area contributed by atoms with Crippen LogP contribution in [-0.4, -0.2) is 22.5 Å². The molecule has 0 N–H and O–H groups in total. The van der Waals surface area contributed by atoms with Gasteiger partial charge in [0.2, 0.25) is 0 Å². The Hall–Kier alpha value is -2.30. The molecule has 4 nitrogen and oxygen atoms in total. The van der Waals surface area contributed by atoms with Gasteiger partial charge in [0.15, 0.2) is 5.82 Å². The zero-order valence-electron chi connectivity index (χ0n) is 9.76. The smallest absolute Gasteiger partial charge is 0.341 e. The number of nitrogens with zero attached hydrogens (tertiary/aromatic N) is 2. The Balaban J connectivity index is 2.28. The number of carbonyl (C=O) groups excluding carboxylic acids is 1. The summed E-state index contributed by atoms with van der Waals surface area (Å²) in [6.07, 6.45) is 2.65. The van der Waals surface area contributed by atoms with Crippen molar-refractivity contribution < 1.29 is 13.9 Å². The minimum Gasteiger partial charge on any atom is -0.462 e. The average Bonchev–Trinajstić information content (AvgIpc) is 2.40. The third-order valence-corrected chi connectivity index (χ3v) is 2.28. The highest BCUT2D eigenvalue weighted by molar-refractivity contribution is 5.88. The lowest BCUT2D eigenvalue weighted by atomic mass is 10.2. The molecular weight excluding hydrogens is 235 g/mol. The van der Waals surface area contributed by atoms with Crippen molar-refractivity contribution in [2.24, 2.45) is 0 Å². The summed E-state index contributed by atoms with van der Waals surface area (Å²) in [7, 11) is 0. The molecule has 0 spiro atoms. The molecule has 0 aliphatic carbocycles. The normalized spacial score (nSPS) is 10.1. The molecule has 92 valence electrons. The maximum atomic E-state index is 13.5. The Labute approximate surface area is 103 Å². The maximum Gasteiger partial charge on any atom is 0.341 e. The van der Waals surface area contributed by atoms with E-state index >= 15 is 0 Å². The Kier molecular flexibility index (Phi) is 3.62. The summed E-state index contributed by atoms with van der Waals surface area (Å²) in [6, 6.07) is 6.19. The molecule has 1 aromatic heterocycles. The topological polar surface area (TPSA) is 52.1 Å². The largest absolute Gasteiger partial charge is 0.462 e. The van der Waals surface area contributed by atoms with Crippen LogP contribution in [0, 0.1) is 5.82 Å². The lowest BCUT2D eigenvalue weighted by molar-refractivity contribution is 0.0525. The van der Waals surface area contributed by atoms with Crippen LogP contribution in [-0.2, 0) is 4.74 Å². The van der Waals surface area contributed by atoms with Gasteiger partial charge in [-0.3, -0.25) is 0 Å². The number of esters is 1. The summed E-state index contributed by atoms with van der Waals surface area (Å²) in [5.41, 5.74) is 0.546. The van der Waals surface area contributed by atoms with Crippen molar-refractivity contribution in [3.05, 3.63) is 48.0 Å². The summed E-state index contributed by atoms with van der Waals surface area (Å²) in [6.45, 7) is 2.00. The number of carbonyl (C=O) groups is 1. The van der Waals surface area contributed by atoms with Crippen LogP contribution >= 0.6 is 0 Å². The number of hydrogen-bond acceptors (Lipinski definition) is 4. The predicted molar refractivity (Wildman–Crippen MR) is 63.4 cm³/mol. The van der Waals surface area contributed by atoms with E-state index in [-0.39, 0.29) is 18.0 Å². The number of halogens is 1. The van der Waals surface area contributed by atoms with Gasteiger partial charge in [-0.2, -0.15) is 0 Å². The van der Waals surface area contributed by atoms with E-state index in [1.807, 2.05) is 0 Å². The zero-order valence-corrected chi connectivity index (χ0v) is 9.76. The highest BCUT2D eigenvalue weighted by atomic mass is 19.1. The van der Waals surface area contributed by atoms with E-state index in [0.29, 0.717) is 5.56 Å². The average molecular weight is 246 g/mol. The van der Waals surface area contributed by atoms with E-state index in [1.54, 1.807) is 25.1 Å². The molecule has 2 rings (SSSR count). The molecule has 0 amide bonds. The molecular formula is C13H11FN2O2. The lowest BCUT2D eigenvalue weighted by Crippen LogP contribution is -2.06. The fourth-order valence-corrected chi connectivity index (χ4v) is 1.43. The van der Waals surface area contributed by atoms with E-state index < -0.39 is 11.8 Å². The van der Waals surface area contributed by atoms with Gasteiger partial charge in [-0.25, -0.2) is 19.2 Å². The van der Waals surface area contributed by atoms with Crippen molar-refractivity contribution in [2.75, 3.05) is 6.61 Å². The molecule has 0 fully saturated rings. The molecule has 2 aromatic rings. The highest BCUT2D eigenvalue weighted by Gasteiger charge is 2.10. The van der Waals surface area contributed by atoms with Crippen molar-refractivity contribution in [3.63, 3.8) is 0 Å². The second-order valence-corrected chi connectivity index (χ2v) is 3.50. The summed E-state index contributed by atoms with van der Waals surface area (Å²) in [5.74, 6) is -0.653. The minimum absolute atomic E-state index is 0.237. The second kappa shape index (κ2) is 5.35. The minimum atomic E-state index is -0.488. The molecule has 1 heterocycles. The van der Waals surface area contributed by atoms with Crippen LogP contribution < -0.4 is 0 Å². The first-order valence-electron chi connectivity index (χ1n) is 5.46. The van der Waals surface area contributed by atoms with Gasteiger partial charge >= 0.3 is 5.97 Å². The predicted octanol–water partition coefficient (Wildman–Crippen LogP) is 2.46. The first-order valence-corrected chi connectivity index (χ1v) is 5.46. The zero-order chi connectivity index (χ0) is 13.0. The molecule has 0 saturated heterocycles. The van der Waals surface area contributed by atoms with Gasteiger partial charge in [-0.05, 0) is 19.1 Å². The molecule has 0 aliphatic heterocycles. The maximum absolute atomic E-state index is 13.5. The van der Waals surface area contributed by atoms with E-state index in [4.69, 9.17) is 4.74 Å². The van der Waals surface area contributed by atoms with Crippen LogP contribution in [0.5, 0.6) is 0 Å². The molecule has 5 heteroatoms. The monoisotopic (exact) mass is 246 g/mol. The molecule has 0 bridgehead atoms. The van der Waals surface area contributed by atoms with Crippen LogP contribution in [0.15, 0.2) is 36.7 Å². The summed E-state index contributed by atoms with van der Waals surface area (Å²) < 4.78 is 18.3. The van der Waals surface area contributed by atoms with E-state index in [9.17, 15) is 9.18 Å². The van der Waals surface area contributed by atoms with Gasteiger partial charge in [-0.15, -0.1) is 0 Å². The molecule has 0 aliphatic rings. The molecule has 0 unspecified atom stereocenters. The lowest BCUT2D eigenvalue weighted by Gasteiger charge is -2.03. The molecule has 0 atom stereocenters. The van der Waals surface area contributed by atoms with Crippen molar-refractivity contribution in [1.82, 2.24) is 9.97 Å². The van der Waals surface area contributed by atoms with Crippen LogP contribution in [0.3, 0.4) is 0 Å². The highest BCUT2D eigenvalue weighted by Crippen LogP contribution is 2.17. The van der Waals surface area contributed by atoms with Crippen LogP contribution in [0.2, 0.25) is 0 Å². The standard InChI is InChI=1S/C13H11FN2O2/c1-2-18-13(17)9-7-15-12(16-8-9)10-5-3-4-6-11(10)14/h3-8H,2H2,1H3. The Morgan fingerprint density at radius 2 is 1.94 bits per heavy atom. The fourth-order valence-electron chi connectivity index (χ4n) is 1.43. The third-order valence-electron chi connectivity index (χ3n) is 2.28. The third kappa shape index (κ3) is 2.51. The van der Waals surface area contributed by atoms with E-state index in [2.05, 4.69) is 9.97 Å². The number of aromatic nitrogens is 2. The fraction of sp³-hybridized carbons (Fsp3) is 0.154. The molecule has 18 heavy (non-hydrogen) atoms. The van der Waals surface area contributed by atoms with Crippen LogP contribution in [0.25, 0.3) is 11.4 Å². The van der Waals surface area contributed by atoms with Crippen molar-refractivity contribution in [2.45, 2.75) is 6.92 Å². The molecule has 0 saturated carbocycles. The van der Waals surface area contributed by atoms with Gasteiger partial charge in [0, 0.05) is 12.4 Å². The van der Waals surface area contributed by atoms with Crippen molar-refractivity contribution in [1.29, 1.82) is 0 Å². The quantitative estimate of drug-likeness (QED) is 0.780. The number of ether oxygens (including phenoxy) is 1. The summed E-state index contributed by atoms with van der Waals surface area (Å²) in [4.78, 5) is 19.3. The summed E-state index contributed by atoms with van der Waals surface area (Å²) in [5, 5.41) is 0. The Bertz CT molecular complexity index is 555. The Morgan fingerprint density at radius 3 is 2.56 bits per heavy atom. The molecule has 0 radical (unpaired) electrons. The number of benzene rings is 1. The number of rotatable bonds is 3. The second-order valence-electron chi connectivity index (χ2n) is 3.50. The van der Waals surface area contributed by atoms with Crippen LogP contribution in [0.4, 0.5) is 4.39 Å². The molecule has 1 aromatic carbocycles. The number of hydrogen-bond donors (Lipinski definition) is 0. The van der Waals surface area contributed by atoms with E-state index in [1.165, 1.54) is 18.5 Å². The Morgan fingerprint density at radius 1 is 1.28 bits per heavy atom. The summed E-state index contributed by atoms with van der Waals surface area (Å²) >= 11 is 0. The van der Waals surface area contributed by atoms with Crippen molar-refractivity contribution >= 4 is 5.97 Å². The first kappa shape index (κ1) is 12.2. The first-order chi connectivity index (χ1) is 8.72. The van der Waals surface area contributed by atoms with Crippen molar-refractivity contribution in [3.8, 4) is 11.4 Å². The van der Waals surface area contributed by atoms with Gasteiger partial charge < -0.3 is 4.74 Å². The van der Waals surface area contributed by atoms with Gasteiger partial charge in [-0.1, -0.05) is 12.1 Å².